The molecule has 3 aromatic rings. The lowest BCUT2D eigenvalue weighted by Crippen LogP contribution is -2.44. The maximum absolute atomic E-state index is 6.36. The van der Waals surface area contributed by atoms with Gasteiger partial charge in [-0.05, 0) is 28.8 Å². The number of thioether (sulfide) groups is 1. The first-order valence-corrected chi connectivity index (χ1v) is 13.0. The van der Waals surface area contributed by atoms with E-state index in [1.54, 1.807) is 7.11 Å². The number of halogens is 1. The summed E-state index contributed by atoms with van der Waals surface area (Å²) in [5, 5.41) is 0.193. The van der Waals surface area contributed by atoms with E-state index >= 15 is 0 Å². The molecule has 0 radical (unpaired) electrons. The summed E-state index contributed by atoms with van der Waals surface area (Å²) in [7, 11) is 1.74. The van der Waals surface area contributed by atoms with Crippen molar-refractivity contribution in [3.63, 3.8) is 0 Å². The Kier molecular flexibility index (Phi) is 8.30. The van der Waals surface area contributed by atoms with Gasteiger partial charge in [-0.1, -0.05) is 89.3 Å². The highest BCUT2D eigenvalue weighted by Gasteiger charge is 2.31. The summed E-state index contributed by atoms with van der Waals surface area (Å²) in [6.07, 6.45) is 0.109. The van der Waals surface area contributed by atoms with Crippen LogP contribution in [-0.2, 0) is 15.7 Å². The Bertz CT molecular complexity index is 951. The largest absolute Gasteiger partial charge is 0.496 e. The molecule has 0 aliphatic carbocycles. The number of morpholine rings is 1. The molecule has 162 valence electrons. The molecule has 3 nitrogen and oxygen atoms in total. The molecule has 1 fully saturated rings. The Hall–Kier alpha value is -1.54. The number of benzene rings is 3. The zero-order chi connectivity index (χ0) is 21.5. The van der Waals surface area contributed by atoms with Crippen molar-refractivity contribution >= 4 is 34.4 Å². The summed E-state index contributed by atoms with van der Waals surface area (Å²) in [5.74, 6) is 0.915. The van der Waals surface area contributed by atoms with E-state index in [4.69, 9.17) is 9.47 Å². The van der Waals surface area contributed by atoms with E-state index < -0.39 is 0 Å². The number of methoxy groups -OCH3 is 1. The summed E-state index contributed by atoms with van der Waals surface area (Å²) < 4.78 is 13.0. The zero-order valence-electron chi connectivity index (χ0n) is 17.7. The number of alkyl halides is 1. The summed E-state index contributed by atoms with van der Waals surface area (Å²) in [4.78, 5) is 3.66. The second kappa shape index (κ2) is 11.4. The van der Waals surface area contributed by atoms with Crippen molar-refractivity contribution in [3.05, 3.63) is 95.6 Å². The van der Waals surface area contributed by atoms with Crippen molar-refractivity contribution < 1.29 is 9.47 Å². The Balaban J connectivity index is 1.58. The van der Waals surface area contributed by atoms with Crippen molar-refractivity contribution in [2.75, 3.05) is 26.8 Å². The van der Waals surface area contributed by atoms with Gasteiger partial charge in [-0.3, -0.25) is 4.90 Å². The van der Waals surface area contributed by atoms with Gasteiger partial charge in [0.05, 0.1) is 30.0 Å². The number of nitrogens with zero attached hydrogens (tertiary/aromatic N) is 1. The molecule has 0 spiro atoms. The molecule has 2 atom stereocenters. The lowest BCUT2D eigenvalue weighted by Gasteiger charge is -2.37. The predicted molar refractivity (Wildman–Crippen MR) is 137 cm³/mol. The van der Waals surface area contributed by atoms with Crippen molar-refractivity contribution in [3.8, 4) is 5.75 Å². The topological polar surface area (TPSA) is 21.7 Å². The fraction of sp³-hybridized carbons (Fsp3) is 0.308. The van der Waals surface area contributed by atoms with Gasteiger partial charge in [0, 0.05) is 24.1 Å². The van der Waals surface area contributed by atoms with E-state index in [-0.39, 0.29) is 11.4 Å². The molecule has 1 aliphatic rings. The number of ether oxygens (including phenoxy) is 2. The van der Waals surface area contributed by atoms with Crippen LogP contribution in [0.25, 0.3) is 0 Å². The molecule has 1 aliphatic heterocycles. The lowest BCUT2D eigenvalue weighted by atomic mass is 10.0. The van der Waals surface area contributed by atoms with Crippen LogP contribution < -0.4 is 4.74 Å². The average molecular weight is 545 g/mol. The highest BCUT2D eigenvalue weighted by Crippen LogP contribution is 2.43. The summed E-state index contributed by atoms with van der Waals surface area (Å²) >= 11 is 4.26. The predicted octanol–water partition coefficient (Wildman–Crippen LogP) is 6.36. The first-order valence-electron chi connectivity index (χ1n) is 10.6. The normalized spacial score (nSPS) is 17.9. The number of hydrogen-bond donors (Lipinski definition) is 0. The van der Waals surface area contributed by atoms with Gasteiger partial charge in [0.25, 0.3) is 0 Å². The van der Waals surface area contributed by atoms with Gasteiger partial charge >= 0.3 is 0 Å². The van der Waals surface area contributed by atoms with E-state index in [9.17, 15) is 0 Å². The van der Waals surface area contributed by atoms with Gasteiger partial charge in [0.2, 0.25) is 0 Å². The number of para-hydroxylation sites is 1. The van der Waals surface area contributed by atoms with E-state index in [0.717, 1.165) is 41.3 Å². The van der Waals surface area contributed by atoms with Crippen LogP contribution in [0.5, 0.6) is 5.75 Å². The van der Waals surface area contributed by atoms with Crippen LogP contribution in [0, 0.1) is 0 Å². The minimum Gasteiger partial charge on any atom is -0.496 e. The van der Waals surface area contributed by atoms with Crippen LogP contribution in [0.15, 0.2) is 83.8 Å². The molecule has 0 aromatic heterocycles. The quantitative estimate of drug-likeness (QED) is 0.187. The molecule has 1 heterocycles. The molecule has 0 saturated carbocycles. The smallest absolute Gasteiger partial charge is 0.132 e. The maximum atomic E-state index is 6.36. The standard InChI is InChI=1S/C26H28INO2S/c1-29-23-9-5-6-10-25(23)31-26(22-13-11-20(17-27)12-14-22)24-19-28(15-16-30-24)18-21-7-3-2-4-8-21/h2-14,24,26H,15-19H2,1H3/t24-,26-/m1/s1. The van der Waals surface area contributed by atoms with Gasteiger partial charge < -0.3 is 9.47 Å². The number of rotatable bonds is 8. The van der Waals surface area contributed by atoms with Crippen LogP contribution in [0.4, 0.5) is 0 Å². The van der Waals surface area contributed by atoms with E-state index in [1.165, 1.54) is 16.7 Å². The molecule has 0 unspecified atom stereocenters. The van der Waals surface area contributed by atoms with Crippen molar-refractivity contribution in [1.29, 1.82) is 0 Å². The summed E-state index contributed by atoms with van der Waals surface area (Å²) in [6, 6.07) is 28.0. The van der Waals surface area contributed by atoms with Gasteiger partial charge in [-0.2, -0.15) is 0 Å². The van der Waals surface area contributed by atoms with Crippen molar-refractivity contribution in [1.82, 2.24) is 4.90 Å². The SMILES string of the molecule is COc1ccccc1S[C@H](c1ccc(CI)cc1)[C@H]1CN(Cc2ccccc2)CCO1. The summed E-state index contributed by atoms with van der Waals surface area (Å²) in [5.41, 5.74) is 4.00. The highest BCUT2D eigenvalue weighted by molar-refractivity contribution is 14.1. The zero-order valence-corrected chi connectivity index (χ0v) is 20.7. The molecule has 0 N–H and O–H groups in total. The molecule has 4 rings (SSSR count). The average Bonchev–Trinajstić information content (AvgIpc) is 2.84. The van der Waals surface area contributed by atoms with Crippen LogP contribution in [0.2, 0.25) is 0 Å². The second-order valence-corrected chi connectivity index (χ2v) is 9.64. The van der Waals surface area contributed by atoms with Gasteiger partial charge in [-0.15, -0.1) is 11.8 Å². The van der Waals surface area contributed by atoms with E-state index in [2.05, 4.69) is 94.2 Å². The van der Waals surface area contributed by atoms with Gasteiger partial charge in [-0.25, -0.2) is 0 Å². The minimum absolute atomic E-state index is 0.109. The molecule has 5 heteroatoms. The second-order valence-electron chi connectivity index (χ2n) is 7.69. The maximum Gasteiger partial charge on any atom is 0.132 e. The third-order valence-corrected chi connectivity index (χ3v) is 7.85. The fourth-order valence-electron chi connectivity index (χ4n) is 3.91. The van der Waals surface area contributed by atoms with Gasteiger partial charge in [0.15, 0.2) is 0 Å². The molecule has 0 amide bonds. The lowest BCUT2D eigenvalue weighted by molar-refractivity contribution is -0.0319. The molecular weight excluding hydrogens is 517 g/mol. The Morgan fingerprint density at radius 2 is 1.74 bits per heavy atom. The molecule has 0 bridgehead atoms. The highest BCUT2D eigenvalue weighted by atomic mass is 127. The van der Waals surface area contributed by atoms with E-state index in [1.807, 2.05) is 23.9 Å². The first kappa shape index (κ1) is 22.6. The van der Waals surface area contributed by atoms with Crippen LogP contribution >= 0.6 is 34.4 Å². The van der Waals surface area contributed by atoms with Crippen molar-refractivity contribution in [2.45, 2.75) is 27.2 Å². The van der Waals surface area contributed by atoms with Crippen LogP contribution in [0.1, 0.15) is 21.9 Å². The molecule has 1 saturated heterocycles. The molecule has 3 aromatic carbocycles. The van der Waals surface area contributed by atoms with Crippen LogP contribution in [-0.4, -0.2) is 37.8 Å². The monoisotopic (exact) mass is 545 g/mol. The fourth-order valence-corrected chi connectivity index (χ4v) is 5.72. The number of hydrogen-bond acceptors (Lipinski definition) is 4. The van der Waals surface area contributed by atoms with E-state index in [0.29, 0.717) is 0 Å². The van der Waals surface area contributed by atoms with Crippen molar-refractivity contribution in [2.24, 2.45) is 0 Å². The minimum atomic E-state index is 0.109. The third kappa shape index (κ3) is 6.04. The molecule has 31 heavy (non-hydrogen) atoms. The first-order chi connectivity index (χ1) is 15.3. The van der Waals surface area contributed by atoms with Gasteiger partial charge in [0.1, 0.15) is 5.75 Å². The Labute approximate surface area is 203 Å². The summed E-state index contributed by atoms with van der Waals surface area (Å²) in [6.45, 7) is 3.59. The van der Waals surface area contributed by atoms with Crippen LogP contribution in [0.3, 0.4) is 0 Å². The molecular formula is C26H28INO2S. The Morgan fingerprint density at radius 1 is 1.00 bits per heavy atom. The Morgan fingerprint density at radius 3 is 2.48 bits per heavy atom. The third-order valence-electron chi connectivity index (χ3n) is 5.55.